The zero-order chi connectivity index (χ0) is 27.1. The number of hydrogen-bond donors (Lipinski definition) is 0. The molecule has 0 aliphatic carbocycles. The van der Waals surface area contributed by atoms with E-state index >= 15 is 0 Å². The van der Waals surface area contributed by atoms with Crippen LogP contribution in [-0.2, 0) is 9.53 Å². The zero-order valence-electron chi connectivity index (χ0n) is 26.1. The minimum atomic E-state index is 0.0246. The van der Waals surface area contributed by atoms with Crippen molar-refractivity contribution >= 4 is 5.97 Å². The van der Waals surface area contributed by atoms with Crippen LogP contribution in [0.2, 0.25) is 0 Å². The van der Waals surface area contributed by atoms with E-state index in [1.54, 1.807) is 0 Å². The third-order valence-electron chi connectivity index (χ3n) is 8.03. The van der Waals surface area contributed by atoms with Crippen molar-refractivity contribution in [2.75, 3.05) is 0 Å². The molecule has 0 N–H and O–H groups in total. The van der Waals surface area contributed by atoms with E-state index in [1.165, 1.54) is 173 Å². The van der Waals surface area contributed by atoms with Crippen LogP contribution in [0.25, 0.3) is 0 Å². The lowest BCUT2D eigenvalue weighted by atomic mass is 10.0. The summed E-state index contributed by atoms with van der Waals surface area (Å²) in [6.45, 7) is 6.65. The predicted molar refractivity (Wildman–Crippen MR) is 165 cm³/mol. The van der Waals surface area contributed by atoms with E-state index in [0.29, 0.717) is 6.42 Å². The molecule has 0 heterocycles. The van der Waals surface area contributed by atoms with Gasteiger partial charge < -0.3 is 4.74 Å². The van der Waals surface area contributed by atoms with Crippen LogP contribution < -0.4 is 0 Å². The van der Waals surface area contributed by atoms with Gasteiger partial charge in [-0.15, -0.1) is 0 Å². The van der Waals surface area contributed by atoms with E-state index in [4.69, 9.17) is 4.74 Å². The van der Waals surface area contributed by atoms with Gasteiger partial charge in [0.25, 0.3) is 0 Å². The highest BCUT2D eigenvalue weighted by Gasteiger charge is 2.09. The molecule has 0 fully saturated rings. The molecule has 0 aliphatic rings. The first-order chi connectivity index (χ1) is 18.2. The molecule has 222 valence electrons. The molecular weight excluding hydrogens is 452 g/mol. The second kappa shape index (κ2) is 31.7. The molecule has 2 heteroatoms. The summed E-state index contributed by atoms with van der Waals surface area (Å²) in [6, 6.07) is 0. The summed E-state index contributed by atoms with van der Waals surface area (Å²) >= 11 is 0. The van der Waals surface area contributed by atoms with E-state index in [2.05, 4.69) is 20.8 Å². The van der Waals surface area contributed by atoms with Gasteiger partial charge in [0, 0.05) is 6.42 Å². The molecule has 0 aliphatic heterocycles. The second-order valence-electron chi connectivity index (χ2n) is 12.0. The summed E-state index contributed by atoms with van der Waals surface area (Å²) in [4.78, 5) is 12.1. The molecule has 0 rings (SSSR count). The lowest BCUT2D eigenvalue weighted by Gasteiger charge is -2.13. The van der Waals surface area contributed by atoms with Crippen LogP contribution in [0.15, 0.2) is 0 Å². The molecule has 0 saturated carbocycles. The Bertz CT molecular complexity index is 433. The van der Waals surface area contributed by atoms with Gasteiger partial charge in [-0.2, -0.15) is 0 Å². The molecular formula is C35H70O2. The number of unbranched alkanes of at least 4 members (excludes halogenated alkanes) is 26. The van der Waals surface area contributed by atoms with Crippen molar-refractivity contribution in [2.45, 2.75) is 219 Å². The Morgan fingerprint density at radius 2 is 0.703 bits per heavy atom. The van der Waals surface area contributed by atoms with Crippen LogP contribution >= 0.6 is 0 Å². The van der Waals surface area contributed by atoms with Crippen LogP contribution in [0.4, 0.5) is 0 Å². The number of carbonyl (C=O) groups is 1. The summed E-state index contributed by atoms with van der Waals surface area (Å²) in [5.74, 6) is 0.0246. The summed E-state index contributed by atoms with van der Waals surface area (Å²) in [5, 5.41) is 0. The van der Waals surface area contributed by atoms with Gasteiger partial charge in [0.05, 0.1) is 6.10 Å². The van der Waals surface area contributed by atoms with Gasteiger partial charge in [-0.1, -0.05) is 181 Å². The van der Waals surface area contributed by atoms with E-state index in [1.807, 2.05) is 0 Å². The normalized spacial score (nSPS) is 12.2. The Kier molecular flexibility index (Phi) is 31.2. The Labute approximate surface area is 234 Å². The Morgan fingerprint density at radius 1 is 0.432 bits per heavy atom. The summed E-state index contributed by atoms with van der Waals surface area (Å²) in [7, 11) is 0. The Balaban J connectivity index is 3.26. The predicted octanol–water partition coefficient (Wildman–Crippen LogP) is 12.7. The molecule has 0 aromatic carbocycles. The van der Waals surface area contributed by atoms with Gasteiger partial charge in [0.2, 0.25) is 0 Å². The minimum Gasteiger partial charge on any atom is -0.463 e. The molecule has 0 aromatic rings. The Hall–Kier alpha value is -0.530. The number of hydrogen-bond acceptors (Lipinski definition) is 2. The molecule has 37 heavy (non-hydrogen) atoms. The molecule has 0 bridgehead atoms. The minimum absolute atomic E-state index is 0.0246. The lowest BCUT2D eigenvalue weighted by molar-refractivity contribution is -0.148. The zero-order valence-corrected chi connectivity index (χ0v) is 26.1. The molecule has 0 spiro atoms. The molecule has 0 radical (unpaired) electrons. The van der Waals surface area contributed by atoms with Crippen LogP contribution in [-0.4, -0.2) is 12.1 Å². The first-order valence-corrected chi connectivity index (χ1v) is 17.4. The molecule has 0 unspecified atom stereocenters. The van der Waals surface area contributed by atoms with Gasteiger partial charge in [-0.3, -0.25) is 4.79 Å². The van der Waals surface area contributed by atoms with Crippen LogP contribution in [0.1, 0.15) is 213 Å². The van der Waals surface area contributed by atoms with Crippen molar-refractivity contribution in [3.63, 3.8) is 0 Å². The highest BCUT2D eigenvalue weighted by atomic mass is 16.5. The van der Waals surface area contributed by atoms with Gasteiger partial charge in [-0.05, 0) is 26.2 Å². The van der Waals surface area contributed by atoms with Crippen LogP contribution in [0.3, 0.4) is 0 Å². The highest BCUT2D eigenvalue weighted by molar-refractivity contribution is 5.69. The first kappa shape index (κ1) is 36.5. The molecule has 2 nitrogen and oxygen atoms in total. The van der Waals surface area contributed by atoms with E-state index in [0.717, 1.165) is 12.8 Å². The van der Waals surface area contributed by atoms with Crippen molar-refractivity contribution in [1.29, 1.82) is 0 Å². The third kappa shape index (κ3) is 31.6. The molecule has 0 aromatic heterocycles. The van der Waals surface area contributed by atoms with Crippen molar-refractivity contribution in [2.24, 2.45) is 0 Å². The third-order valence-corrected chi connectivity index (χ3v) is 8.03. The fourth-order valence-corrected chi connectivity index (χ4v) is 5.43. The van der Waals surface area contributed by atoms with Gasteiger partial charge in [-0.25, -0.2) is 0 Å². The lowest BCUT2D eigenvalue weighted by Crippen LogP contribution is -2.14. The largest absolute Gasteiger partial charge is 0.463 e. The standard InChI is InChI=1S/C35H70O2/c1-4-6-8-10-12-14-16-17-18-19-20-21-23-25-27-29-31-33-35(36)37-34(3)32-30-28-26-24-22-15-13-11-9-7-5-2/h34H,4-33H2,1-3H3/t34-/m1/s1. The van der Waals surface area contributed by atoms with E-state index < -0.39 is 0 Å². The van der Waals surface area contributed by atoms with Crippen molar-refractivity contribution in [3.8, 4) is 0 Å². The van der Waals surface area contributed by atoms with Gasteiger partial charge in [0.15, 0.2) is 0 Å². The summed E-state index contributed by atoms with van der Waals surface area (Å²) in [6.07, 6.45) is 40.1. The van der Waals surface area contributed by atoms with Gasteiger partial charge >= 0.3 is 5.97 Å². The number of ether oxygens (including phenoxy) is 1. The van der Waals surface area contributed by atoms with E-state index in [9.17, 15) is 4.79 Å². The number of rotatable bonds is 31. The SMILES string of the molecule is CCCCCCCCCCCCCCCCCCCC(=O)O[C@H](C)CCCCCCCCCCCCC. The van der Waals surface area contributed by atoms with Crippen molar-refractivity contribution < 1.29 is 9.53 Å². The summed E-state index contributed by atoms with van der Waals surface area (Å²) < 4.78 is 5.63. The fourth-order valence-electron chi connectivity index (χ4n) is 5.43. The Morgan fingerprint density at radius 3 is 1.03 bits per heavy atom. The number of esters is 1. The topological polar surface area (TPSA) is 26.3 Å². The maximum Gasteiger partial charge on any atom is 0.306 e. The molecule has 0 saturated heterocycles. The average molecular weight is 523 g/mol. The van der Waals surface area contributed by atoms with Crippen molar-refractivity contribution in [1.82, 2.24) is 0 Å². The van der Waals surface area contributed by atoms with Crippen molar-refractivity contribution in [3.05, 3.63) is 0 Å². The summed E-state index contributed by atoms with van der Waals surface area (Å²) in [5.41, 5.74) is 0. The van der Waals surface area contributed by atoms with E-state index in [-0.39, 0.29) is 12.1 Å². The van der Waals surface area contributed by atoms with Gasteiger partial charge in [0.1, 0.15) is 0 Å². The average Bonchev–Trinajstić information content (AvgIpc) is 2.89. The smallest absolute Gasteiger partial charge is 0.306 e. The quantitative estimate of drug-likeness (QED) is 0.0668. The molecule has 0 amide bonds. The second-order valence-corrected chi connectivity index (χ2v) is 12.0. The molecule has 1 atom stereocenters. The maximum atomic E-state index is 12.1. The first-order valence-electron chi connectivity index (χ1n) is 17.4. The van der Waals surface area contributed by atoms with Crippen LogP contribution in [0, 0.1) is 0 Å². The monoisotopic (exact) mass is 523 g/mol. The highest BCUT2D eigenvalue weighted by Crippen LogP contribution is 2.16. The fraction of sp³-hybridized carbons (Fsp3) is 0.971. The number of carbonyl (C=O) groups excluding carboxylic acids is 1. The maximum absolute atomic E-state index is 12.1. The van der Waals surface area contributed by atoms with Crippen LogP contribution in [0.5, 0.6) is 0 Å².